The molecule has 0 radical (unpaired) electrons. The fraction of sp³-hybridized carbons (Fsp3) is 0.818. The van der Waals surface area contributed by atoms with Crippen molar-refractivity contribution in [2.75, 3.05) is 6.54 Å². The summed E-state index contributed by atoms with van der Waals surface area (Å²) in [5.41, 5.74) is -1.12. The molecule has 1 aliphatic rings. The van der Waals surface area contributed by atoms with E-state index in [2.05, 4.69) is 5.32 Å². The Kier molecular flexibility index (Phi) is 4.06. The first-order chi connectivity index (χ1) is 7.89. The van der Waals surface area contributed by atoms with Gasteiger partial charge in [-0.25, -0.2) is 8.78 Å². The summed E-state index contributed by atoms with van der Waals surface area (Å²) >= 11 is 0. The maximum atomic E-state index is 12.5. The Morgan fingerprint density at radius 1 is 1.35 bits per heavy atom. The predicted octanol–water partition coefficient (Wildman–Crippen LogP) is 1.16. The van der Waals surface area contributed by atoms with Gasteiger partial charge in [0.15, 0.2) is 0 Å². The number of carbonyl (C=O) groups excluding carboxylic acids is 2. The second-order valence-electron chi connectivity index (χ2n) is 4.27. The minimum Gasteiger partial charge on any atom is -0.343 e. The zero-order valence-corrected chi connectivity index (χ0v) is 10.3. The van der Waals surface area contributed by atoms with E-state index in [-0.39, 0.29) is 5.91 Å². The maximum Gasteiger partial charge on any atom is 0.255 e. The summed E-state index contributed by atoms with van der Waals surface area (Å²) in [5, 5.41) is 2.55. The highest BCUT2D eigenvalue weighted by Crippen LogP contribution is 2.29. The quantitative estimate of drug-likeness (QED) is 0.811. The molecule has 1 aliphatic heterocycles. The highest BCUT2D eigenvalue weighted by Gasteiger charge is 2.49. The van der Waals surface area contributed by atoms with Crippen molar-refractivity contribution in [3.8, 4) is 0 Å². The van der Waals surface area contributed by atoms with Gasteiger partial charge in [-0.1, -0.05) is 13.8 Å². The molecule has 98 valence electrons. The third-order valence-electron chi connectivity index (χ3n) is 3.41. The monoisotopic (exact) mass is 248 g/mol. The zero-order chi connectivity index (χ0) is 13.2. The number of halogens is 2. The van der Waals surface area contributed by atoms with Crippen molar-refractivity contribution in [2.45, 2.75) is 51.6 Å². The van der Waals surface area contributed by atoms with Crippen LogP contribution < -0.4 is 5.32 Å². The maximum absolute atomic E-state index is 12.5. The van der Waals surface area contributed by atoms with E-state index in [0.29, 0.717) is 12.8 Å². The molecule has 0 aromatic carbocycles. The van der Waals surface area contributed by atoms with E-state index in [4.69, 9.17) is 0 Å². The van der Waals surface area contributed by atoms with Crippen LogP contribution in [0, 0.1) is 0 Å². The van der Waals surface area contributed by atoms with Crippen LogP contribution in [-0.4, -0.2) is 41.3 Å². The van der Waals surface area contributed by atoms with Crippen LogP contribution in [0.4, 0.5) is 8.78 Å². The Morgan fingerprint density at radius 3 is 2.29 bits per heavy atom. The van der Waals surface area contributed by atoms with Crippen molar-refractivity contribution in [1.29, 1.82) is 0 Å². The second-order valence-corrected chi connectivity index (χ2v) is 4.27. The normalized spacial score (nSPS) is 24.1. The van der Waals surface area contributed by atoms with Crippen LogP contribution in [0.5, 0.6) is 0 Å². The lowest BCUT2D eigenvalue weighted by Crippen LogP contribution is -2.70. The molecule has 0 bridgehead atoms. The Hall–Kier alpha value is -1.20. The van der Waals surface area contributed by atoms with Crippen LogP contribution >= 0.6 is 0 Å². The van der Waals surface area contributed by atoms with Gasteiger partial charge in [0.2, 0.25) is 11.8 Å². The number of hydrogen-bond donors (Lipinski definition) is 1. The van der Waals surface area contributed by atoms with Crippen molar-refractivity contribution < 1.29 is 18.4 Å². The first kappa shape index (κ1) is 13.9. The highest BCUT2D eigenvalue weighted by molar-refractivity contribution is 5.99. The molecule has 1 saturated heterocycles. The van der Waals surface area contributed by atoms with E-state index in [1.165, 1.54) is 6.92 Å². The van der Waals surface area contributed by atoms with Gasteiger partial charge in [0.25, 0.3) is 6.43 Å². The number of piperazine rings is 1. The standard InChI is InChI=1S/C11H18F2N2O2/c1-4-11(5-2)10(17)14-7(3)9(16)15(11)6-8(12)13/h7-8H,4-6H2,1-3H3,(H,14,17). The van der Waals surface area contributed by atoms with Crippen LogP contribution in [-0.2, 0) is 9.59 Å². The Morgan fingerprint density at radius 2 is 1.88 bits per heavy atom. The number of amides is 2. The van der Waals surface area contributed by atoms with Crippen molar-refractivity contribution in [1.82, 2.24) is 10.2 Å². The van der Waals surface area contributed by atoms with Crippen molar-refractivity contribution in [3.63, 3.8) is 0 Å². The van der Waals surface area contributed by atoms with E-state index in [1.54, 1.807) is 13.8 Å². The molecule has 1 unspecified atom stereocenters. The molecule has 4 nitrogen and oxygen atoms in total. The van der Waals surface area contributed by atoms with Gasteiger partial charge in [-0.15, -0.1) is 0 Å². The summed E-state index contributed by atoms with van der Waals surface area (Å²) in [6.45, 7) is 4.28. The lowest BCUT2D eigenvalue weighted by atomic mass is 9.86. The summed E-state index contributed by atoms with van der Waals surface area (Å²) in [7, 11) is 0. The largest absolute Gasteiger partial charge is 0.343 e. The van der Waals surface area contributed by atoms with Gasteiger partial charge in [0.05, 0.1) is 6.54 Å². The molecule has 0 aliphatic carbocycles. The van der Waals surface area contributed by atoms with E-state index in [1.807, 2.05) is 0 Å². The number of nitrogens with one attached hydrogen (secondary N) is 1. The van der Waals surface area contributed by atoms with Crippen molar-refractivity contribution >= 4 is 11.8 Å². The lowest BCUT2D eigenvalue weighted by Gasteiger charge is -2.46. The van der Waals surface area contributed by atoms with Gasteiger partial charge in [0, 0.05) is 0 Å². The van der Waals surface area contributed by atoms with Crippen molar-refractivity contribution in [3.05, 3.63) is 0 Å². The van der Waals surface area contributed by atoms with E-state index in [0.717, 1.165) is 4.90 Å². The molecule has 6 heteroatoms. The average Bonchev–Trinajstić information content (AvgIpc) is 2.26. The molecule has 1 N–H and O–H groups in total. The van der Waals surface area contributed by atoms with Gasteiger partial charge in [0.1, 0.15) is 11.6 Å². The highest BCUT2D eigenvalue weighted by atomic mass is 19.3. The number of carbonyl (C=O) groups is 2. The molecule has 0 aromatic heterocycles. The van der Waals surface area contributed by atoms with E-state index < -0.39 is 30.5 Å². The predicted molar refractivity (Wildman–Crippen MR) is 58.6 cm³/mol. The Bertz CT molecular complexity index is 317. The lowest BCUT2D eigenvalue weighted by molar-refractivity contribution is -0.160. The second kappa shape index (κ2) is 4.98. The Balaban J connectivity index is 3.11. The number of alkyl halides is 2. The smallest absolute Gasteiger partial charge is 0.255 e. The topological polar surface area (TPSA) is 49.4 Å². The molecule has 17 heavy (non-hydrogen) atoms. The minimum absolute atomic E-state index is 0.334. The first-order valence-electron chi connectivity index (χ1n) is 5.79. The molecule has 2 amide bonds. The van der Waals surface area contributed by atoms with Gasteiger partial charge in [-0.3, -0.25) is 9.59 Å². The summed E-state index contributed by atoms with van der Waals surface area (Å²) in [5.74, 6) is -0.774. The molecule has 1 atom stereocenters. The molecule has 0 saturated carbocycles. The van der Waals surface area contributed by atoms with Crippen LogP contribution in [0.25, 0.3) is 0 Å². The van der Waals surface area contributed by atoms with E-state index >= 15 is 0 Å². The number of hydrogen-bond acceptors (Lipinski definition) is 2. The van der Waals surface area contributed by atoms with Crippen molar-refractivity contribution in [2.24, 2.45) is 0 Å². The molecule has 1 heterocycles. The fourth-order valence-electron chi connectivity index (χ4n) is 2.32. The van der Waals surface area contributed by atoms with Crippen LogP contribution in [0.3, 0.4) is 0 Å². The average molecular weight is 248 g/mol. The number of rotatable bonds is 4. The molecular formula is C11H18F2N2O2. The third kappa shape index (κ3) is 2.25. The Labute approximate surface area is 99.3 Å². The molecule has 1 fully saturated rings. The minimum atomic E-state index is -2.63. The molecule has 0 spiro atoms. The SMILES string of the molecule is CCC1(CC)C(=O)NC(C)C(=O)N1CC(F)F. The number of nitrogens with zero attached hydrogens (tertiary/aromatic N) is 1. The molecule has 0 aromatic rings. The summed E-state index contributed by atoms with van der Waals surface area (Å²) in [4.78, 5) is 24.9. The van der Waals surface area contributed by atoms with Crippen LogP contribution in [0.1, 0.15) is 33.6 Å². The zero-order valence-electron chi connectivity index (χ0n) is 10.3. The van der Waals surface area contributed by atoms with Crippen LogP contribution in [0.2, 0.25) is 0 Å². The first-order valence-corrected chi connectivity index (χ1v) is 5.79. The van der Waals surface area contributed by atoms with Gasteiger partial charge >= 0.3 is 0 Å². The van der Waals surface area contributed by atoms with Gasteiger partial charge in [-0.05, 0) is 19.8 Å². The summed E-state index contributed by atoms with van der Waals surface area (Å²) in [6, 6.07) is -0.729. The molecule has 1 rings (SSSR count). The van der Waals surface area contributed by atoms with E-state index in [9.17, 15) is 18.4 Å². The van der Waals surface area contributed by atoms with Crippen LogP contribution in [0.15, 0.2) is 0 Å². The summed E-state index contributed by atoms with van der Waals surface area (Å²) < 4.78 is 25.1. The van der Waals surface area contributed by atoms with Gasteiger partial charge < -0.3 is 10.2 Å². The third-order valence-corrected chi connectivity index (χ3v) is 3.41. The molecular weight excluding hydrogens is 230 g/mol. The fourth-order valence-corrected chi connectivity index (χ4v) is 2.32. The van der Waals surface area contributed by atoms with Gasteiger partial charge in [-0.2, -0.15) is 0 Å². The summed E-state index contributed by atoms with van der Waals surface area (Å²) in [6.07, 6.45) is -1.96.